The molecule has 2 aliphatic rings. The molecule has 2 heterocycles. The predicted molar refractivity (Wildman–Crippen MR) is 78.8 cm³/mol. The summed E-state index contributed by atoms with van der Waals surface area (Å²) in [4.78, 5) is 25.8. The Labute approximate surface area is 128 Å². The summed E-state index contributed by atoms with van der Waals surface area (Å²) < 4.78 is 18.4. The third kappa shape index (κ3) is 3.27. The molecular weight excluding hydrogens is 287 g/mol. The Hall–Kier alpha value is -1.95. The van der Waals surface area contributed by atoms with Crippen molar-refractivity contribution in [3.63, 3.8) is 0 Å². The van der Waals surface area contributed by atoms with Crippen LogP contribution in [0.2, 0.25) is 0 Å². The standard InChI is InChI=1S/C16H19FN2O3/c17-12-3-5-13(6-4-12)19-10-11(8-15(19)20)16(21)18-9-14-2-1-7-22-14/h3-6,11,14H,1-2,7-10H2,(H,18,21)/t11-,14+/m0/s1. The smallest absolute Gasteiger partial charge is 0.227 e. The first kappa shape index (κ1) is 15.0. The Morgan fingerprint density at radius 1 is 1.36 bits per heavy atom. The van der Waals surface area contributed by atoms with Crippen molar-refractivity contribution in [3.05, 3.63) is 30.1 Å². The van der Waals surface area contributed by atoms with Crippen molar-refractivity contribution < 1.29 is 18.7 Å². The van der Waals surface area contributed by atoms with E-state index in [0.29, 0.717) is 18.8 Å². The average molecular weight is 306 g/mol. The first-order chi connectivity index (χ1) is 10.6. The van der Waals surface area contributed by atoms with E-state index in [0.717, 1.165) is 19.4 Å². The van der Waals surface area contributed by atoms with Crippen LogP contribution in [0.25, 0.3) is 0 Å². The van der Waals surface area contributed by atoms with Crippen molar-refractivity contribution in [2.75, 3.05) is 24.6 Å². The number of halogens is 1. The number of rotatable bonds is 4. The molecule has 2 amide bonds. The summed E-state index contributed by atoms with van der Waals surface area (Å²) in [7, 11) is 0. The molecule has 5 nitrogen and oxygen atoms in total. The van der Waals surface area contributed by atoms with Gasteiger partial charge >= 0.3 is 0 Å². The van der Waals surface area contributed by atoms with Crippen LogP contribution < -0.4 is 10.2 Å². The molecule has 3 rings (SSSR count). The molecule has 1 aromatic rings. The highest BCUT2D eigenvalue weighted by atomic mass is 19.1. The van der Waals surface area contributed by atoms with E-state index in [1.807, 2.05) is 0 Å². The van der Waals surface area contributed by atoms with Gasteiger partial charge in [-0.3, -0.25) is 9.59 Å². The van der Waals surface area contributed by atoms with Crippen molar-refractivity contribution in [2.45, 2.75) is 25.4 Å². The third-order valence-electron chi connectivity index (χ3n) is 4.16. The van der Waals surface area contributed by atoms with E-state index in [1.165, 1.54) is 17.0 Å². The van der Waals surface area contributed by atoms with Crippen LogP contribution in [-0.4, -0.2) is 37.6 Å². The number of carbonyl (C=O) groups excluding carboxylic acids is 2. The Kier molecular flexibility index (Phi) is 4.38. The minimum absolute atomic E-state index is 0.0919. The zero-order valence-corrected chi connectivity index (χ0v) is 12.3. The van der Waals surface area contributed by atoms with Crippen molar-refractivity contribution in [1.82, 2.24) is 5.32 Å². The van der Waals surface area contributed by atoms with Gasteiger partial charge in [-0.15, -0.1) is 0 Å². The molecule has 0 unspecified atom stereocenters. The van der Waals surface area contributed by atoms with Gasteiger partial charge in [0.05, 0.1) is 12.0 Å². The SMILES string of the molecule is O=C(NC[C@H]1CCCO1)[C@H]1CC(=O)N(c2ccc(F)cc2)C1. The summed E-state index contributed by atoms with van der Waals surface area (Å²) in [5, 5.41) is 2.87. The summed E-state index contributed by atoms with van der Waals surface area (Å²) in [5.74, 6) is -0.933. The molecular formula is C16H19FN2O3. The Morgan fingerprint density at radius 3 is 2.82 bits per heavy atom. The van der Waals surface area contributed by atoms with Crippen molar-refractivity contribution >= 4 is 17.5 Å². The van der Waals surface area contributed by atoms with Crippen LogP contribution in [0.3, 0.4) is 0 Å². The van der Waals surface area contributed by atoms with Gasteiger partial charge in [0.1, 0.15) is 5.82 Å². The number of amides is 2. The van der Waals surface area contributed by atoms with Gasteiger partial charge in [0, 0.05) is 31.8 Å². The number of ether oxygens (including phenoxy) is 1. The Bertz CT molecular complexity index is 555. The van der Waals surface area contributed by atoms with Crippen LogP contribution in [0.4, 0.5) is 10.1 Å². The van der Waals surface area contributed by atoms with Gasteiger partial charge in [-0.25, -0.2) is 4.39 Å². The van der Waals surface area contributed by atoms with Crippen molar-refractivity contribution in [2.24, 2.45) is 5.92 Å². The summed E-state index contributed by atoms with van der Waals surface area (Å²) in [6, 6.07) is 5.74. The van der Waals surface area contributed by atoms with E-state index < -0.39 is 0 Å². The fourth-order valence-electron chi connectivity index (χ4n) is 2.92. The molecule has 2 fully saturated rings. The molecule has 0 radical (unpaired) electrons. The summed E-state index contributed by atoms with van der Waals surface area (Å²) in [5.41, 5.74) is 0.626. The lowest BCUT2D eigenvalue weighted by molar-refractivity contribution is -0.126. The van der Waals surface area contributed by atoms with E-state index in [-0.39, 0.29) is 36.1 Å². The van der Waals surface area contributed by atoms with E-state index >= 15 is 0 Å². The second-order valence-electron chi connectivity index (χ2n) is 5.76. The van der Waals surface area contributed by atoms with Crippen molar-refractivity contribution in [1.29, 1.82) is 0 Å². The van der Waals surface area contributed by atoms with Crippen LogP contribution in [-0.2, 0) is 14.3 Å². The molecule has 1 N–H and O–H groups in total. The number of benzene rings is 1. The number of anilines is 1. The predicted octanol–water partition coefficient (Wildman–Crippen LogP) is 1.47. The Morgan fingerprint density at radius 2 is 2.14 bits per heavy atom. The zero-order valence-electron chi connectivity index (χ0n) is 12.3. The lowest BCUT2D eigenvalue weighted by Crippen LogP contribution is -2.37. The van der Waals surface area contributed by atoms with Gasteiger partial charge in [0.15, 0.2) is 0 Å². The molecule has 1 aromatic carbocycles. The highest BCUT2D eigenvalue weighted by Crippen LogP contribution is 2.25. The normalized spacial score (nSPS) is 24.8. The zero-order chi connectivity index (χ0) is 15.5. The van der Waals surface area contributed by atoms with Crippen molar-refractivity contribution in [3.8, 4) is 0 Å². The van der Waals surface area contributed by atoms with Gasteiger partial charge in [-0.2, -0.15) is 0 Å². The molecule has 2 aliphatic heterocycles. The summed E-state index contributed by atoms with van der Waals surface area (Å²) >= 11 is 0. The van der Waals surface area contributed by atoms with Gasteiger partial charge in [-0.1, -0.05) is 0 Å². The number of carbonyl (C=O) groups is 2. The van der Waals surface area contributed by atoms with Crippen LogP contribution in [0.15, 0.2) is 24.3 Å². The molecule has 0 spiro atoms. The molecule has 0 saturated carbocycles. The number of hydrogen-bond donors (Lipinski definition) is 1. The average Bonchev–Trinajstić information content (AvgIpc) is 3.15. The lowest BCUT2D eigenvalue weighted by Gasteiger charge is -2.17. The molecule has 0 aliphatic carbocycles. The number of nitrogens with one attached hydrogen (secondary N) is 1. The molecule has 0 bridgehead atoms. The summed E-state index contributed by atoms with van der Waals surface area (Å²) in [6.45, 7) is 1.59. The highest BCUT2D eigenvalue weighted by molar-refractivity contribution is 6.00. The minimum atomic E-state index is -0.362. The monoisotopic (exact) mass is 306 g/mol. The van der Waals surface area contributed by atoms with Crippen LogP contribution in [0, 0.1) is 11.7 Å². The minimum Gasteiger partial charge on any atom is -0.376 e. The fourth-order valence-corrected chi connectivity index (χ4v) is 2.92. The second kappa shape index (κ2) is 6.44. The van der Waals surface area contributed by atoms with E-state index in [9.17, 15) is 14.0 Å². The van der Waals surface area contributed by atoms with Gasteiger partial charge in [-0.05, 0) is 37.1 Å². The maximum absolute atomic E-state index is 12.9. The number of nitrogens with zero attached hydrogens (tertiary/aromatic N) is 1. The quantitative estimate of drug-likeness (QED) is 0.916. The summed E-state index contributed by atoms with van der Waals surface area (Å²) in [6.07, 6.45) is 2.27. The molecule has 2 atom stereocenters. The molecule has 118 valence electrons. The van der Waals surface area contributed by atoms with E-state index in [4.69, 9.17) is 4.74 Å². The van der Waals surface area contributed by atoms with E-state index in [2.05, 4.69) is 5.32 Å². The van der Waals surface area contributed by atoms with E-state index in [1.54, 1.807) is 12.1 Å². The fraction of sp³-hybridized carbons (Fsp3) is 0.500. The molecule has 6 heteroatoms. The largest absolute Gasteiger partial charge is 0.376 e. The Balaban J connectivity index is 1.56. The van der Waals surface area contributed by atoms with Crippen LogP contribution >= 0.6 is 0 Å². The topological polar surface area (TPSA) is 58.6 Å². The molecule has 0 aromatic heterocycles. The van der Waals surface area contributed by atoms with Gasteiger partial charge in [0.2, 0.25) is 11.8 Å². The lowest BCUT2D eigenvalue weighted by atomic mass is 10.1. The third-order valence-corrected chi connectivity index (χ3v) is 4.16. The molecule has 22 heavy (non-hydrogen) atoms. The highest BCUT2D eigenvalue weighted by Gasteiger charge is 2.35. The first-order valence-corrected chi connectivity index (χ1v) is 7.59. The van der Waals surface area contributed by atoms with Crippen LogP contribution in [0.5, 0.6) is 0 Å². The maximum Gasteiger partial charge on any atom is 0.227 e. The maximum atomic E-state index is 12.9. The first-order valence-electron chi connectivity index (χ1n) is 7.59. The molecule has 2 saturated heterocycles. The second-order valence-corrected chi connectivity index (χ2v) is 5.76. The van der Waals surface area contributed by atoms with Crippen LogP contribution in [0.1, 0.15) is 19.3 Å². The van der Waals surface area contributed by atoms with Gasteiger partial charge < -0.3 is 15.0 Å². The number of hydrogen-bond acceptors (Lipinski definition) is 3. The van der Waals surface area contributed by atoms with Gasteiger partial charge in [0.25, 0.3) is 0 Å².